The molecule has 14 heavy (non-hydrogen) atoms. The Morgan fingerprint density at radius 1 is 0.929 bits per heavy atom. The van der Waals surface area contributed by atoms with Gasteiger partial charge in [-0.1, -0.05) is 0 Å². The molecule has 10 heteroatoms. The number of rotatable bonds is 2. The molecule has 0 saturated heterocycles. The largest absolute Gasteiger partial charge is 0.789 e. The lowest BCUT2D eigenvalue weighted by molar-refractivity contribution is -0.153. The van der Waals surface area contributed by atoms with Crippen molar-refractivity contribution in [3.8, 4) is 0 Å². The summed E-state index contributed by atoms with van der Waals surface area (Å²) >= 11 is 0. The van der Waals surface area contributed by atoms with Crippen LogP contribution >= 0.6 is 0 Å². The molecule has 0 aliphatic rings. The first-order chi connectivity index (χ1) is 6.34. The van der Waals surface area contributed by atoms with Crippen LogP contribution in [-0.2, 0) is 28.5 Å². The number of primary amides is 2. The Bertz CT molecular complexity index is 261. The summed E-state index contributed by atoms with van der Waals surface area (Å²) in [4.78, 5) is 40.8. The van der Waals surface area contributed by atoms with E-state index in [9.17, 15) is 19.2 Å². The van der Waals surface area contributed by atoms with Gasteiger partial charge in [0.05, 0.1) is 0 Å². The Morgan fingerprint density at radius 2 is 1.21 bits per heavy atom. The van der Waals surface area contributed by atoms with Crippen LogP contribution in [0.25, 0.3) is 0 Å². The number of carbonyl (C=O) groups excluding carboxylic acids is 4. The van der Waals surface area contributed by atoms with Gasteiger partial charge in [-0.15, -0.1) is 0 Å². The highest BCUT2D eigenvalue weighted by Gasteiger charge is 2.30. The topological polar surface area (TPSA) is 159 Å². The second-order valence-electron chi connectivity index (χ2n) is 1.85. The van der Waals surface area contributed by atoms with Gasteiger partial charge in [0, 0.05) is 0 Å². The molecular weight excluding hydrogens is 199 g/mol. The van der Waals surface area contributed by atoms with Crippen LogP contribution in [0.2, 0.25) is 0 Å². The van der Waals surface area contributed by atoms with Crippen molar-refractivity contribution in [3.05, 3.63) is 0 Å². The van der Waals surface area contributed by atoms with Crippen molar-refractivity contribution in [2.45, 2.75) is 0 Å². The average molecular weight is 204 g/mol. The Kier molecular flexibility index (Phi) is 4.10. The number of nitrogens with two attached hydrogens (primary N) is 2. The summed E-state index contributed by atoms with van der Waals surface area (Å²) in [5.41, 5.74) is 8.84. The van der Waals surface area contributed by atoms with Gasteiger partial charge in [-0.3, -0.25) is 9.59 Å². The van der Waals surface area contributed by atoms with Crippen LogP contribution in [0.4, 0.5) is 0 Å². The van der Waals surface area contributed by atoms with Crippen LogP contribution in [0, 0.1) is 0 Å². The van der Waals surface area contributed by atoms with E-state index < -0.39 is 31.1 Å². The lowest BCUT2D eigenvalue weighted by atomic mass is 10.2. The molecule has 0 aromatic rings. The highest BCUT2D eigenvalue weighted by molar-refractivity contribution is 6.49. The van der Waals surface area contributed by atoms with E-state index in [2.05, 4.69) is 20.8 Å². The minimum absolute atomic E-state index is 1.50. The molecule has 0 spiro atoms. The van der Waals surface area contributed by atoms with Crippen molar-refractivity contribution >= 4 is 31.1 Å². The summed E-state index contributed by atoms with van der Waals surface area (Å²) in [5.74, 6) is -6.26. The van der Waals surface area contributed by atoms with Gasteiger partial charge in [-0.05, 0) is 0 Å². The van der Waals surface area contributed by atoms with Gasteiger partial charge in [0.25, 0.3) is 0 Å². The third-order valence-corrected chi connectivity index (χ3v) is 0.818. The van der Waals surface area contributed by atoms with E-state index in [-0.39, 0.29) is 0 Å². The molecule has 0 radical (unpaired) electrons. The Labute approximate surface area is 77.1 Å². The van der Waals surface area contributed by atoms with Crippen LogP contribution in [0.5, 0.6) is 0 Å². The monoisotopic (exact) mass is 204 g/mol. The van der Waals surface area contributed by atoms with Crippen LogP contribution in [0.3, 0.4) is 0 Å². The number of hydrogen-bond donors (Lipinski definition) is 3. The normalized spacial score (nSPS) is 8.64. The maximum Gasteiger partial charge on any atom is 0.789 e. The summed E-state index contributed by atoms with van der Waals surface area (Å²) in [6, 6.07) is 0. The first-order valence-corrected chi connectivity index (χ1v) is 3.03. The van der Waals surface area contributed by atoms with E-state index in [0.717, 1.165) is 0 Å². The minimum Gasteiger partial charge on any atom is -0.466 e. The van der Waals surface area contributed by atoms with Gasteiger partial charge in [0.2, 0.25) is 0 Å². The van der Waals surface area contributed by atoms with Crippen molar-refractivity contribution in [3.63, 3.8) is 0 Å². The van der Waals surface area contributed by atoms with Crippen LogP contribution in [-0.4, -0.2) is 36.1 Å². The molecule has 9 nitrogen and oxygen atoms in total. The lowest BCUT2D eigenvalue weighted by Gasteiger charge is -2.04. The average Bonchev–Trinajstić information content (AvgIpc) is 2.03. The zero-order valence-electron chi connectivity index (χ0n) is 6.63. The molecule has 0 bridgehead atoms. The molecule has 0 unspecified atom stereocenters. The molecule has 0 fully saturated rings. The van der Waals surface area contributed by atoms with Crippen LogP contribution < -0.4 is 11.5 Å². The molecule has 0 atom stereocenters. The van der Waals surface area contributed by atoms with Crippen molar-refractivity contribution in [2.24, 2.45) is 11.5 Å². The van der Waals surface area contributed by atoms with Crippen molar-refractivity contribution < 1.29 is 33.5 Å². The maximum absolute atomic E-state index is 10.3. The van der Waals surface area contributed by atoms with Gasteiger partial charge >= 0.3 is 31.1 Å². The second-order valence-corrected chi connectivity index (χ2v) is 1.85. The fourth-order valence-electron chi connectivity index (χ4n) is 0.323. The molecule has 76 valence electrons. The minimum atomic E-state index is -2.41. The van der Waals surface area contributed by atoms with Gasteiger partial charge in [-0.25, -0.2) is 9.59 Å². The molecule has 0 aromatic heterocycles. The number of carbonyl (C=O) groups is 4. The van der Waals surface area contributed by atoms with E-state index in [1.54, 1.807) is 0 Å². The van der Waals surface area contributed by atoms with E-state index in [1.165, 1.54) is 0 Å². The molecule has 5 N–H and O–H groups in total. The highest BCUT2D eigenvalue weighted by Crippen LogP contribution is 1.87. The van der Waals surface area contributed by atoms with Gasteiger partial charge in [-0.2, -0.15) is 0 Å². The second kappa shape index (κ2) is 4.82. The summed E-state index contributed by atoms with van der Waals surface area (Å²) in [7, 11) is -2.41. The molecule has 0 aliphatic heterocycles. The fraction of sp³-hybridized carbons (Fsp3) is 0. The zero-order valence-corrected chi connectivity index (χ0v) is 6.63. The quantitative estimate of drug-likeness (QED) is 0.305. The fourth-order valence-corrected chi connectivity index (χ4v) is 0.323. The standard InChI is InChI=1S/C4H5BN2O7/c6-1(8)3(10)13-5(12)14-4(11)2(7)9/h12H,(H2,6,8)(H2,7,9). The van der Waals surface area contributed by atoms with E-state index in [1.807, 2.05) is 0 Å². The Hall–Kier alpha value is -2.10. The van der Waals surface area contributed by atoms with E-state index in [4.69, 9.17) is 5.02 Å². The number of hydrogen-bond acceptors (Lipinski definition) is 7. The molecule has 0 aromatic carbocycles. The predicted molar refractivity (Wildman–Crippen MR) is 38.5 cm³/mol. The first-order valence-electron chi connectivity index (χ1n) is 3.03. The predicted octanol–water partition coefficient (Wildman–Crippen LogP) is -3.98. The first kappa shape index (κ1) is 11.9. The molecule has 0 heterocycles. The third kappa shape index (κ3) is 4.06. The summed E-state index contributed by atoms with van der Waals surface area (Å²) < 4.78 is 7.45. The van der Waals surface area contributed by atoms with Gasteiger partial charge in [0.15, 0.2) is 0 Å². The summed E-state index contributed by atoms with van der Waals surface area (Å²) in [6.45, 7) is 0. The molecule has 0 saturated carbocycles. The molecule has 0 aliphatic carbocycles. The Balaban J connectivity index is 4.05. The smallest absolute Gasteiger partial charge is 0.466 e. The lowest BCUT2D eigenvalue weighted by Crippen LogP contribution is -2.38. The van der Waals surface area contributed by atoms with Crippen molar-refractivity contribution in [1.29, 1.82) is 0 Å². The SMILES string of the molecule is NC(=O)C(=O)OB(O)OC(=O)C(N)=O. The molecular formula is C4H5BN2O7. The third-order valence-electron chi connectivity index (χ3n) is 0.818. The van der Waals surface area contributed by atoms with Gasteiger partial charge in [0.1, 0.15) is 0 Å². The summed E-state index contributed by atoms with van der Waals surface area (Å²) in [6.07, 6.45) is 0. The summed E-state index contributed by atoms with van der Waals surface area (Å²) in [5, 5.41) is 8.59. The highest BCUT2D eigenvalue weighted by atomic mass is 16.7. The van der Waals surface area contributed by atoms with Crippen molar-refractivity contribution in [1.82, 2.24) is 0 Å². The number of amides is 2. The van der Waals surface area contributed by atoms with E-state index in [0.29, 0.717) is 0 Å². The molecule has 0 rings (SSSR count). The van der Waals surface area contributed by atoms with Crippen LogP contribution in [0.15, 0.2) is 0 Å². The van der Waals surface area contributed by atoms with Gasteiger partial charge < -0.3 is 25.8 Å². The van der Waals surface area contributed by atoms with Crippen molar-refractivity contribution in [2.75, 3.05) is 0 Å². The van der Waals surface area contributed by atoms with Crippen LogP contribution in [0.1, 0.15) is 0 Å². The zero-order chi connectivity index (χ0) is 11.3. The molecule has 2 amide bonds. The Morgan fingerprint density at radius 3 is 1.43 bits per heavy atom. The maximum atomic E-state index is 10.3. The van der Waals surface area contributed by atoms with E-state index >= 15 is 0 Å².